The minimum atomic E-state index is -0.453. The minimum Gasteiger partial charge on any atom is -0.392 e. The number of aryl methyl sites for hydroxylation is 1. The molecule has 1 aromatic carbocycles. The Bertz CT molecular complexity index is 503. The number of amides is 1. The molecular formula is C15H18BrNO2. The average molecular weight is 324 g/mol. The molecule has 1 saturated carbocycles. The van der Waals surface area contributed by atoms with Crippen molar-refractivity contribution in [3.05, 3.63) is 33.8 Å². The second kappa shape index (κ2) is 5.25. The molecule has 2 N–H and O–H groups in total. The summed E-state index contributed by atoms with van der Waals surface area (Å²) in [5.41, 5.74) is 2.54. The zero-order valence-electron chi connectivity index (χ0n) is 10.7. The standard InChI is InChI=1S/C15H18BrNO2/c16-10-5-6-11-9(8-10)4-7-13(11)17-15(19)12-2-1-3-14(12)18/h5-6,8,12-14,18H,1-4,7H2,(H,17,19). The van der Waals surface area contributed by atoms with Crippen molar-refractivity contribution in [2.45, 2.75) is 44.2 Å². The monoisotopic (exact) mass is 323 g/mol. The van der Waals surface area contributed by atoms with E-state index in [1.165, 1.54) is 11.1 Å². The molecule has 102 valence electrons. The predicted molar refractivity (Wildman–Crippen MR) is 76.7 cm³/mol. The van der Waals surface area contributed by atoms with E-state index in [4.69, 9.17) is 0 Å². The van der Waals surface area contributed by atoms with Crippen LogP contribution in [-0.2, 0) is 11.2 Å². The molecule has 1 fully saturated rings. The minimum absolute atomic E-state index is 0.0192. The number of nitrogens with one attached hydrogen (secondary N) is 1. The lowest BCUT2D eigenvalue weighted by Crippen LogP contribution is -2.36. The molecule has 0 saturated heterocycles. The molecule has 0 radical (unpaired) electrons. The van der Waals surface area contributed by atoms with Gasteiger partial charge in [-0.15, -0.1) is 0 Å². The van der Waals surface area contributed by atoms with Crippen molar-refractivity contribution in [1.29, 1.82) is 0 Å². The summed E-state index contributed by atoms with van der Waals surface area (Å²) in [5, 5.41) is 12.9. The molecule has 2 aliphatic rings. The van der Waals surface area contributed by atoms with Crippen LogP contribution in [0, 0.1) is 5.92 Å². The maximum absolute atomic E-state index is 12.2. The van der Waals surface area contributed by atoms with E-state index in [2.05, 4.69) is 33.4 Å². The van der Waals surface area contributed by atoms with Crippen molar-refractivity contribution < 1.29 is 9.90 Å². The van der Waals surface area contributed by atoms with E-state index in [0.29, 0.717) is 0 Å². The van der Waals surface area contributed by atoms with Crippen LogP contribution in [0.2, 0.25) is 0 Å². The Balaban J connectivity index is 1.71. The third-order valence-corrected chi connectivity index (χ3v) is 4.81. The van der Waals surface area contributed by atoms with Crippen LogP contribution in [0.25, 0.3) is 0 Å². The smallest absolute Gasteiger partial charge is 0.226 e. The van der Waals surface area contributed by atoms with Gasteiger partial charge in [0.25, 0.3) is 0 Å². The van der Waals surface area contributed by atoms with Crippen molar-refractivity contribution in [2.75, 3.05) is 0 Å². The molecule has 1 amide bonds. The molecule has 0 spiro atoms. The summed E-state index contributed by atoms with van der Waals surface area (Å²) < 4.78 is 1.09. The Labute approximate surface area is 121 Å². The highest BCUT2D eigenvalue weighted by atomic mass is 79.9. The highest BCUT2D eigenvalue weighted by molar-refractivity contribution is 9.10. The number of halogens is 1. The van der Waals surface area contributed by atoms with Crippen LogP contribution in [-0.4, -0.2) is 17.1 Å². The summed E-state index contributed by atoms with van der Waals surface area (Å²) in [5.74, 6) is -0.190. The third kappa shape index (κ3) is 2.56. The van der Waals surface area contributed by atoms with Gasteiger partial charge in [-0.2, -0.15) is 0 Å². The fourth-order valence-corrected chi connectivity index (χ4v) is 3.67. The van der Waals surface area contributed by atoms with Crippen molar-refractivity contribution in [3.63, 3.8) is 0 Å². The van der Waals surface area contributed by atoms with Gasteiger partial charge < -0.3 is 10.4 Å². The average Bonchev–Trinajstić information content (AvgIpc) is 2.96. The van der Waals surface area contributed by atoms with Crippen LogP contribution in [0.1, 0.15) is 42.9 Å². The molecule has 4 heteroatoms. The number of rotatable bonds is 2. The lowest BCUT2D eigenvalue weighted by atomic mass is 10.0. The van der Waals surface area contributed by atoms with Crippen LogP contribution in [0.3, 0.4) is 0 Å². The van der Waals surface area contributed by atoms with E-state index >= 15 is 0 Å². The lowest BCUT2D eigenvalue weighted by molar-refractivity contribution is -0.128. The van der Waals surface area contributed by atoms with Gasteiger partial charge in [-0.3, -0.25) is 4.79 Å². The van der Waals surface area contributed by atoms with Gasteiger partial charge in [0.05, 0.1) is 18.1 Å². The van der Waals surface area contributed by atoms with Crippen LogP contribution in [0.4, 0.5) is 0 Å². The van der Waals surface area contributed by atoms with Gasteiger partial charge in [0.1, 0.15) is 0 Å². The van der Waals surface area contributed by atoms with E-state index in [-0.39, 0.29) is 17.9 Å². The van der Waals surface area contributed by atoms with Crippen LogP contribution >= 0.6 is 15.9 Å². The van der Waals surface area contributed by atoms with Gasteiger partial charge in [-0.05, 0) is 55.4 Å². The Kier molecular flexibility index (Phi) is 3.63. The Morgan fingerprint density at radius 3 is 2.89 bits per heavy atom. The molecule has 3 rings (SSSR count). The number of carbonyl (C=O) groups is 1. The third-order valence-electron chi connectivity index (χ3n) is 4.32. The first-order chi connectivity index (χ1) is 9.15. The van der Waals surface area contributed by atoms with E-state index in [1.54, 1.807) is 0 Å². The first-order valence-electron chi connectivity index (χ1n) is 6.92. The summed E-state index contributed by atoms with van der Waals surface area (Å²) in [4.78, 5) is 12.2. The molecule has 0 heterocycles. The molecule has 0 aliphatic heterocycles. The summed E-state index contributed by atoms with van der Waals surface area (Å²) in [6.45, 7) is 0. The highest BCUT2D eigenvalue weighted by Gasteiger charge is 2.33. The summed E-state index contributed by atoms with van der Waals surface area (Å²) in [6.07, 6.45) is 4.03. The second-order valence-corrected chi connectivity index (χ2v) is 6.46. The van der Waals surface area contributed by atoms with Crippen molar-refractivity contribution in [1.82, 2.24) is 5.32 Å². The zero-order valence-corrected chi connectivity index (χ0v) is 12.3. The second-order valence-electron chi connectivity index (χ2n) is 5.55. The number of fused-ring (bicyclic) bond motifs is 1. The molecule has 0 aromatic heterocycles. The van der Waals surface area contributed by atoms with Gasteiger partial charge in [0, 0.05) is 4.47 Å². The summed E-state index contributed by atoms with van der Waals surface area (Å²) in [7, 11) is 0. The normalized spacial score (nSPS) is 29.3. The summed E-state index contributed by atoms with van der Waals surface area (Å²) >= 11 is 3.48. The van der Waals surface area contributed by atoms with Gasteiger partial charge in [-0.1, -0.05) is 22.0 Å². The molecule has 19 heavy (non-hydrogen) atoms. The maximum Gasteiger partial charge on any atom is 0.226 e. The van der Waals surface area contributed by atoms with Crippen molar-refractivity contribution in [2.24, 2.45) is 5.92 Å². The van der Waals surface area contributed by atoms with Crippen LogP contribution in [0.5, 0.6) is 0 Å². The molecule has 2 aliphatic carbocycles. The number of benzene rings is 1. The van der Waals surface area contributed by atoms with E-state index < -0.39 is 6.10 Å². The molecule has 1 aromatic rings. The van der Waals surface area contributed by atoms with Gasteiger partial charge in [0.2, 0.25) is 5.91 Å². The Morgan fingerprint density at radius 1 is 1.32 bits per heavy atom. The number of hydrogen-bond donors (Lipinski definition) is 2. The molecule has 3 nitrogen and oxygen atoms in total. The lowest BCUT2D eigenvalue weighted by Gasteiger charge is -2.19. The van der Waals surface area contributed by atoms with Gasteiger partial charge in [0.15, 0.2) is 0 Å². The van der Waals surface area contributed by atoms with Gasteiger partial charge >= 0.3 is 0 Å². The van der Waals surface area contributed by atoms with E-state index in [9.17, 15) is 9.90 Å². The number of carbonyl (C=O) groups excluding carboxylic acids is 1. The SMILES string of the molecule is O=C(NC1CCc2cc(Br)ccc21)C1CCCC1O. The molecular weight excluding hydrogens is 306 g/mol. The fraction of sp³-hybridized carbons (Fsp3) is 0.533. The largest absolute Gasteiger partial charge is 0.392 e. The topological polar surface area (TPSA) is 49.3 Å². The predicted octanol–water partition coefficient (Wildman–Crippen LogP) is 2.71. The van der Waals surface area contributed by atoms with Crippen molar-refractivity contribution in [3.8, 4) is 0 Å². The Hall–Kier alpha value is -0.870. The van der Waals surface area contributed by atoms with Crippen molar-refractivity contribution >= 4 is 21.8 Å². The van der Waals surface area contributed by atoms with Gasteiger partial charge in [-0.25, -0.2) is 0 Å². The molecule has 0 bridgehead atoms. The van der Waals surface area contributed by atoms with Crippen LogP contribution < -0.4 is 5.32 Å². The Morgan fingerprint density at radius 2 is 2.16 bits per heavy atom. The highest BCUT2D eigenvalue weighted by Crippen LogP contribution is 2.34. The first-order valence-corrected chi connectivity index (χ1v) is 7.71. The maximum atomic E-state index is 12.2. The van der Waals surface area contributed by atoms with Crippen LogP contribution in [0.15, 0.2) is 22.7 Å². The number of hydrogen-bond acceptors (Lipinski definition) is 2. The van der Waals surface area contributed by atoms with E-state index in [1.807, 2.05) is 6.07 Å². The fourth-order valence-electron chi connectivity index (χ4n) is 3.26. The quantitative estimate of drug-likeness (QED) is 0.879. The molecule has 3 unspecified atom stereocenters. The zero-order chi connectivity index (χ0) is 13.4. The first kappa shape index (κ1) is 13.1. The summed E-state index contributed by atoms with van der Waals surface area (Å²) in [6, 6.07) is 6.35. The molecule has 3 atom stereocenters. The number of aliphatic hydroxyl groups is 1. The number of aliphatic hydroxyl groups excluding tert-OH is 1. The van der Waals surface area contributed by atoms with E-state index in [0.717, 1.165) is 36.6 Å².